The number of allylic oxidation sites excluding steroid dienone is 2. The summed E-state index contributed by atoms with van der Waals surface area (Å²) in [6, 6.07) is 3.76. The van der Waals surface area contributed by atoms with Crippen LogP contribution in [0.3, 0.4) is 0 Å². The molecular weight excluding hydrogens is 508 g/mol. The molecule has 0 saturated carbocycles. The van der Waals surface area contributed by atoms with Crippen molar-refractivity contribution in [3.63, 3.8) is 0 Å². The standard InChI is InChI=1S/C26H32N6O7/c1-17-22(39-26(34)38-15-14-37-18(2)33)20(19-4-3-5-27-16-19)21-23(28-17)29-25(32-8-12-36-13-9-32)30-24(21)31-6-10-35-11-7-31/h3-5,16,20H,6-15H2,1-2H3,(H,28,29,30). The number of pyridine rings is 1. The van der Waals surface area contributed by atoms with Crippen molar-refractivity contribution in [1.82, 2.24) is 15.0 Å². The van der Waals surface area contributed by atoms with E-state index in [1.54, 1.807) is 12.4 Å². The molecule has 1 unspecified atom stereocenters. The van der Waals surface area contributed by atoms with Gasteiger partial charge in [-0.2, -0.15) is 9.97 Å². The lowest BCUT2D eigenvalue weighted by molar-refractivity contribution is -0.142. The summed E-state index contributed by atoms with van der Waals surface area (Å²) in [5, 5.41) is 3.35. The maximum absolute atomic E-state index is 12.7. The lowest BCUT2D eigenvalue weighted by Gasteiger charge is -2.36. The summed E-state index contributed by atoms with van der Waals surface area (Å²) in [5.74, 6) is 1.34. The molecule has 2 aromatic rings. The van der Waals surface area contributed by atoms with E-state index in [2.05, 4.69) is 20.1 Å². The van der Waals surface area contributed by atoms with E-state index >= 15 is 0 Å². The summed E-state index contributed by atoms with van der Waals surface area (Å²) >= 11 is 0. The van der Waals surface area contributed by atoms with Crippen LogP contribution >= 0.6 is 0 Å². The minimum Gasteiger partial charge on any atom is -0.462 e. The second-order valence-electron chi connectivity index (χ2n) is 9.18. The molecular formula is C26H32N6O7. The zero-order chi connectivity index (χ0) is 27.2. The van der Waals surface area contributed by atoms with Gasteiger partial charge in [0.05, 0.1) is 43.6 Å². The summed E-state index contributed by atoms with van der Waals surface area (Å²) in [4.78, 5) is 42.3. The van der Waals surface area contributed by atoms with Gasteiger partial charge in [-0.1, -0.05) is 6.07 Å². The molecule has 39 heavy (non-hydrogen) atoms. The van der Waals surface area contributed by atoms with E-state index < -0.39 is 18.0 Å². The van der Waals surface area contributed by atoms with Crippen molar-refractivity contribution in [1.29, 1.82) is 0 Å². The van der Waals surface area contributed by atoms with Crippen molar-refractivity contribution in [2.24, 2.45) is 0 Å². The van der Waals surface area contributed by atoms with Crippen molar-refractivity contribution in [3.05, 3.63) is 47.1 Å². The second-order valence-corrected chi connectivity index (χ2v) is 9.18. The van der Waals surface area contributed by atoms with Gasteiger partial charge in [-0.25, -0.2) is 4.79 Å². The van der Waals surface area contributed by atoms with Crippen LogP contribution in [0.2, 0.25) is 0 Å². The average molecular weight is 541 g/mol. The highest BCUT2D eigenvalue weighted by atomic mass is 16.7. The van der Waals surface area contributed by atoms with Crippen LogP contribution in [-0.4, -0.2) is 92.9 Å². The van der Waals surface area contributed by atoms with Crippen LogP contribution in [0, 0.1) is 0 Å². The number of rotatable bonds is 7. The zero-order valence-electron chi connectivity index (χ0n) is 22.1. The number of hydrogen-bond acceptors (Lipinski definition) is 13. The van der Waals surface area contributed by atoms with Crippen LogP contribution in [0.5, 0.6) is 0 Å². The molecule has 2 saturated heterocycles. The number of anilines is 3. The summed E-state index contributed by atoms with van der Waals surface area (Å²) in [6.45, 7) is 7.97. The molecule has 208 valence electrons. The molecule has 5 heterocycles. The smallest absolute Gasteiger partial charge is 0.462 e. The van der Waals surface area contributed by atoms with E-state index in [1.165, 1.54) is 6.92 Å². The Bertz CT molecular complexity index is 1210. The third-order valence-electron chi connectivity index (χ3n) is 6.56. The molecule has 2 fully saturated rings. The van der Waals surface area contributed by atoms with Crippen molar-refractivity contribution in [3.8, 4) is 0 Å². The lowest BCUT2D eigenvalue weighted by atomic mass is 9.87. The van der Waals surface area contributed by atoms with Crippen LogP contribution in [0.1, 0.15) is 30.9 Å². The van der Waals surface area contributed by atoms with Crippen molar-refractivity contribution in [2.75, 3.05) is 80.9 Å². The van der Waals surface area contributed by atoms with Crippen molar-refractivity contribution < 1.29 is 33.3 Å². The highest BCUT2D eigenvalue weighted by molar-refractivity contribution is 5.73. The first-order valence-electron chi connectivity index (χ1n) is 12.9. The summed E-state index contributed by atoms with van der Waals surface area (Å²) in [5.41, 5.74) is 2.18. The van der Waals surface area contributed by atoms with Gasteiger partial charge in [-0.15, -0.1) is 0 Å². The van der Waals surface area contributed by atoms with E-state index in [0.717, 1.165) is 16.9 Å². The Hall–Kier alpha value is -3.97. The molecule has 0 aromatic carbocycles. The zero-order valence-corrected chi connectivity index (χ0v) is 22.1. The third-order valence-corrected chi connectivity index (χ3v) is 6.56. The van der Waals surface area contributed by atoms with Crippen molar-refractivity contribution in [2.45, 2.75) is 19.8 Å². The van der Waals surface area contributed by atoms with Gasteiger partial charge in [-0.05, 0) is 18.6 Å². The number of aromatic nitrogens is 3. The normalized spacial score (nSPS) is 19.2. The summed E-state index contributed by atoms with van der Waals surface area (Å²) in [7, 11) is 0. The number of nitrogens with one attached hydrogen (secondary N) is 1. The maximum Gasteiger partial charge on any atom is 0.513 e. The Morgan fingerprint density at radius 2 is 1.72 bits per heavy atom. The molecule has 2 aromatic heterocycles. The van der Waals surface area contributed by atoms with E-state index in [9.17, 15) is 9.59 Å². The van der Waals surface area contributed by atoms with E-state index in [-0.39, 0.29) is 13.2 Å². The molecule has 0 aliphatic carbocycles. The van der Waals surface area contributed by atoms with Gasteiger partial charge in [0.25, 0.3) is 0 Å². The quantitative estimate of drug-likeness (QED) is 0.405. The molecule has 0 spiro atoms. The molecule has 1 atom stereocenters. The minimum atomic E-state index is -0.908. The molecule has 13 nitrogen and oxygen atoms in total. The predicted octanol–water partition coefficient (Wildman–Crippen LogP) is 2.05. The minimum absolute atomic E-state index is 0.0606. The monoisotopic (exact) mass is 540 g/mol. The van der Waals surface area contributed by atoms with Gasteiger partial charge in [0.1, 0.15) is 30.6 Å². The molecule has 5 rings (SSSR count). The SMILES string of the molecule is CC(=O)OCCOC(=O)OC1=C(C)Nc2nc(N3CCOCC3)nc(N3CCOCC3)c2C1c1cccnc1. The highest BCUT2D eigenvalue weighted by Crippen LogP contribution is 2.46. The Kier molecular flexibility index (Phi) is 8.37. The van der Waals surface area contributed by atoms with E-state index in [0.29, 0.717) is 75.8 Å². The number of nitrogens with zero attached hydrogens (tertiary/aromatic N) is 5. The Balaban J connectivity index is 1.54. The molecule has 0 radical (unpaired) electrons. The first kappa shape index (κ1) is 26.6. The highest BCUT2D eigenvalue weighted by Gasteiger charge is 2.38. The first-order valence-corrected chi connectivity index (χ1v) is 12.9. The number of ether oxygens (including phenoxy) is 5. The summed E-state index contributed by atoms with van der Waals surface area (Å²) in [6.07, 6.45) is 2.52. The lowest BCUT2D eigenvalue weighted by Crippen LogP contribution is -2.41. The van der Waals surface area contributed by atoms with E-state index in [1.807, 2.05) is 19.1 Å². The van der Waals surface area contributed by atoms with Crippen LogP contribution in [0.4, 0.5) is 22.4 Å². The van der Waals surface area contributed by atoms with Gasteiger partial charge < -0.3 is 38.8 Å². The van der Waals surface area contributed by atoms with Crippen LogP contribution in [-0.2, 0) is 28.5 Å². The van der Waals surface area contributed by atoms with E-state index in [4.69, 9.17) is 33.7 Å². The fraction of sp³-hybridized carbons (Fsp3) is 0.500. The van der Waals surface area contributed by atoms with Crippen molar-refractivity contribution >= 4 is 29.7 Å². The van der Waals surface area contributed by atoms with Crippen LogP contribution in [0.25, 0.3) is 0 Å². The fourth-order valence-corrected chi connectivity index (χ4v) is 4.74. The van der Waals surface area contributed by atoms with Crippen LogP contribution in [0.15, 0.2) is 36.0 Å². The third kappa shape index (κ3) is 6.20. The Morgan fingerprint density at radius 1 is 1.03 bits per heavy atom. The van der Waals surface area contributed by atoms with Gasteiger partial charge in [-0.3, -0.25) is 9.78 Å². The molecule has 0 amide bonds. The van der Waals surface area contributed by atoms with Gasteiger partial charge in [0, 0.05) is 45.5 Å². The first-order chi connectivity index (χ1) is 19.0. The van der Waals surface area contributed by atoms with Gasteiger partial charge in [0.2, 0.25) is 5.95 Å². The number of carbonyl (C=O) groups excluding carboxylic acids is 2. The van der Waals surface area contributed by atoms with Gasteiger partial charge in [0.15, 0.2) is 0 Å². The summed E-state index contributed by atoms with van der Waals surface area (Å²) < 4.78 is 26.9. The average Bonchev–Trinajstić information content (AvgIpc) is 2.96. The number of esters is 1. The number of fused-ring (bicyclic) bond motifs is 1. The molecule has 1 N–H and O–H groups in total. The topological polar surface area (TPSA) is 137 Å². The Morgan fingerprint density at radius 3 is 2.38 bits per heavy atom. The molecule has 3 aliphatic rings. The molecule has 0 bridgehead atoms. The molecule has 13 heteroatoms. The maximum atomic E-state index is 12.7. The number of hydrogen-bond donors (Lipinski definition) is 1. The number of morpholine rings is 2. The van der Waals surface area contributed by atoms with Crippen LogP contribution < -0.4 is 15.1 Å². The molecule has 3 aliphatic heterocycles. The fourth-order valence-electron chi connectivity index (χ4n) is 4.74. The number of carbonyl (C=O) groups is 2. The predicted molar refractivity (Wildman–Crippen MR) is 140 cm³/mol. The Labute approximate surface area is 226 Å². The van der Waals surface area contributed by atoms with Gasteiger partial charge >= 0.3 is 12.1 Å². The second kappa shape index (κ2) is 12.3. The largest absolute Gasteiger partial charge is 0.513 e.